The normalized spacial score (nSPS) is 14.8. The Kier molecular flexibility index (Phi) is 6.96. The molecular weight excluding hydrogens is 360 g/mol. The molecule has 1 saturated heterocycles. The van der Waals surface area contributed by atoms with E-state index in [9.17, 15) is 4.79 Å². The molecule has 1 aliphatic heterocycles. The number of aryl methyl sites for hydroxylation is 1. The van der Waals surface area contributed by atoms with Gasteiger partial charge in [-0.3, -0.25) is 4.90 Å². The highest BCUT2D eigenvalue weighted by Crippen LogP contribution is 2.20. The van der Waals surface area contributed by atoms with Crippen LogP contribution in [0, 0.1) is 6.92 Å². The van der Waals surface area contributed by atoms with Crippen LogP contribution in [-0.2, 0) is 0 Å². The largest absolute Gasteiger partial charge is 0.369 e. The van der Waals surface area contributed by atoms with Crippen molar-refractivity contribution < 1.29 is 4.79 Å². The van der Waals surface area contributed by atoms with Crippen molar-refractivity contribution in [2.24, 2.45) is 0 Å². The fourth-order valence-corrected chi connectivity index (χ4v) is 3.44. The maximum Gasteiger partial charge on any atom is 0.319 e. The third kappa shape index (κ3) is 5.88. The van der Waals surface area contributed by atoms with E-state index in [4.69, 9.17) is 11.6 Å². The molecule has 1 heterocycles. The van der Waals surface area contributed by atoms with Crippen LogP contribution in [0.1, 0.15) is 12.0 Å². The molecule has 5 nitrogen and oxygen atoms in total. The molecule has 2 N–H and O–H groups in total. The molecule has 27 heavy (non-hydrogen) atoms. The Morgan fingerprint density at radius 3 is 2.56 bits per heavy atom. The van der Waals surface area contributed by atoms with Crippen LogP contribution in [0.3, 0.4) is 0 Å². The van der Waals surface area contributed by atoms with E-state index < -0.39 is 0 Å². The number of nitrogens with zero attached hydrogens (tertiary/aromatic N) is 2. The average molecular weight is 387 g/mol. The molecule has 0 spiro atoms. The first-order chi connectivity index (χ1) is 13.1. The number of halogens is 1. The van der Waals surface area contributed by atoms with E-state index in [-0.39, 0.29) is 6.03 Å². The molecule has 3 rings (SSSR count). The molecule has 0 bridgehead atoms. The van der Waals surface area contributed by atoms with Crippen LogP contribution >= 0.6 is 11.6 Å². The molecule has 0 aliphatic carbocycles. The molecule has 2 aromatic carbocycles. The fourth-order valence-electron chi connectivity index (χ4n) is 3.27. The van der Waals surface area contributed by atoms with Crippen molar-refractivity contribution >= 4 is 29.0 Å². The SMILES string of the molecule is Cc1ccc(Cl)cc1NC(=O)NCCCN1CCN(c2ccccc2)CC1. The van der Waals surface area contributed by atoms with Crippen LogP contribution < -0.4 is 15.5 Å². The van der Waals surface area contributed by atoms with Crippen molar-refractivity contribution in [2.75, 3.05) is 49.5 Å². The summed E-state index contributed by atoms with van der Waals surface area (Å²) < 4.78 is 0. The van der Waals surface area contributed by atoms with E-state index in [1.807, 2.05) is 19.1 Å². The van der Waals surface area contributed by atoms with Gasteiger partial charge in [0.2, 0.25) is 0 Å². The number of urea groups is 1. The third-order valence-corrected chi connectivity index (χ3v) is 5.11. The van der Waals surface area contributed by atoms with Crippen LogP contribution in [0.25, 0.3) is 0 Å². The van der Waals surface area contributed by atoms with Gasteiger partial charge in [-0.1, -0.05) is 35.9 Å². The summed E-state index contributed by atoms with van der Waals surface area (Å²) in [4.78, 5) is 16.9. The molecule has 1 aliphatic rings. The minimum atomic E-state index is -0.186. The van der Waals surface area contributed by atoms with Crippen LogP contribution in [0.4, 0.5) is 16.2 Å². The Hall–Kier alpha value is -2.24. The van der Waals surface area contributed by atoms with Crippen molar-refractivity contribution in [1.29, 1.82) is 0 Å². The van der Waals surface area contributed by atoms with E-state index in [0.29, 0.717) is 11.6 Å². The Morgan fingerprint density at radius 1 is 1.07 bits per heavy atom. The van der Waals surface area contributed by atoms with Crippen molar-refractivity contribution in [3.8, 4) is 0 Å². The van der Waals surface area contributed by atoms with Crippen molar-refractivity contribution in [1.82, 2.24) is 10.2 Å². The summed E-state index contributed by atoms with van der Waals surface area (Å²) in [5, 5.41) is 6.40. The van der Waals surface area contributed by atoms with E-state index in [1.165, 1.54) is 5.69 Å². The lowest BCUT2D eigenvalue weighted by atomic mass is 10.2. The molecule has 0 unspecified atom stereocenters. The monoisotopic (exact) mass is 386 g/mol. The summed E-state index contributed by atoms with van der Waals surface area (Å²) in [5.41, 5.74) is 3.04. The molecule has 2 amide bonds. The first kappa shape index (κ1) is 19.5. The summed E-state index contributed by atoms with van der Waals surface area (Å²) >= 11 is 5.98. The predicted molar refractivity (Wildman–Crippen MR) is 113 cm³/mol. The number of anilines is 2. The molecule has 0 atom stereocenters. The van der Waals surface area contributed by atoms with Gasteiger partial charge in [0.15, 0.2) is 0 Å². The summed E-state index contributed by atoms with van der Waals surface area (Å²) in [6.45, 7) is 7.81. The Bertz CT molecular complexity index is 745. The van der Waals surface area contributed by atoms with Crippen molar-refractivity contribution in [3.63, 3.8) is 0 Å². The van der Waals surface area contributed by atoms with Gasteiger partial charge in [0.1, 0.15) is 0 Å². The highest BCUT2D eigenvalue weighted by Gasteiger charge is 2.16. The molecule has 144 valence electrons. The number of rotatable bonds is 6. The molecule has 2 aromatic rings. The first-order valence-corrected chi connectivity index (χ1v) is 9.83. The number of hydrogen-bond acceptors (Lipinski definition) is 3. The van der Waals surface area contributed by atoms with Crippen molar-refractivity contribution in [2.45, 2.75) is 13.3 Å². The lowest BCUT2D eigenvalue weighted by Gasteiger charge is -2.36. The van der Waals surface area contributed by atoms with Gasteiger partial charge in [0.05, 0.1) is 0 Å². The van der Waals surface area contributed by atoms with Gasteiger partial charge in [-0.2, -0.15) is 0 Å². The number of para-hydroxylation sites is 1. The zero-order valence-electron chi connectivity index (χ0n) is 15.7. The highest BCUT2D eigenvalue weighted by atomic mass is 35.5. The quantitative estimate of drug-likeness (QED) is 0.738. The smallest absolute Gasteiger partial charge is 0.319 e. The first-order valence-electron chi connectivity index (χ1n) is 9.45. The number of piperazine rings is 1. The van der Waals surface area contributed by atoms with E-state index >= 15 is 0 Å². The second-order valence-electron chi connectivity index (χ2n) is 6.86. The Labute approximate surface area is 166 Å². The number of carbonyl (C=O) groups excluding carboxylic acids is 1. The van der Waals surface area contributed by atoms with E-state index in [0.717, 1.165) is 50.4 Å². The van der Waals surface area contributed by atoms with Crippen LogP contribution in [0.5, 0.6) is 0 Å². The van der Waals surface area contributed by atoms with E-state index in [1.54, 1.807) is 6.07 Å². The van der Waals surface area contributed by atoms with Crippen molar-refractivity contribution in [3.05, 3.63) is 59.1 Å². The number of amides is 2. The molecule has 0 aromatic heterocycles. The summed E-state index contributed by atoms with van der Waals surface area (Å²) in [6, 6.07) is 15.9. The predicted octanol–water partition coefficient (Wildman–Crippen LogP) is 3.98. The molecule has 6 heteroatoms. The molecular formula is C21H27ClN4O. The Balaban J connectivity index is 1.32. The standard InChI is InChI=1S/C21H27ClN4O/c1-17-8-9-18(22)16-20(17)24-21(27)23-10-5-11-25-12-14-26(15-13-25)19-6-3-2-4-7-19/h2-4,6-9,16H,5,10-15H2,1H3,(H2,23,24,27). The zero-order chi connectivity index (χ0) is 19.1. The molecule has 1 fully saturated rings. The van der Waals surface area contributed by atoms with Gasteiger partial charge in [0.25, 0.3) is 0 Å². The lowest BCUT2D eigenvalue weighted by Crippen LogP contribution is -2.47. The third-order valence-electron chi connectivity index (χ3n) is 4.88. The number of benzene rings is 2. The van der Waals surface area contributed by atoms with E-state index in [2.05, 4.69) is 50.8 Å². The summed E-state index contributed by atoms with van der Waals surface area (Å²) in [7, 11) is 0. The summed E-state index contributed by atoms with van der Waals surface area (Å²) in [6.07, 6.45) is 0.938. The van der Waals surface area contributed by atoms with Gasteiger partial charge in [0, 0.05) is 49.1 Å². The second-order valence-corrected chi connectivity index (χ2v) is 7.29. The van der Waals surface area contributed by atoms with Crippen LogP contribution in [0.15, 0.2) is 48.5 Å². The highest BCUT2D eigenvalue weighted by molar-refractivity contribution is 6.31. The van der Waals surface area contributed by atoms with Crippen LogP contribution in [0.2, 0.25) is 5.02 Å². The fraction of sp³-hybridized carbons (Fsp3) is 0.381. The maximum atomic E-state index is 12.0. The number of nitrogens with one attached hydrogen (secondary N) is 2. The number of carbonyl (C=O) groups is 1. The Morgan fingerprint density at radius 2 is 1.81 bits per heavy atom. The van der Waals surface area contributed by atoms with Gasteiger partial charge >= 0.3 is 6.03 Å². The zero-order valence-corrected chi connectivity index (χ0v) is 16.5. The average Bonchev–Trinajstić information content (AvgIpc) is 2.69. The molecule has 0 radical (unpaired) electrons. The van der Waals surface area contributed by atoms with Gasteiger partial charge in [-0.25, -0.2) is 4.79 Å². The molecule has 0 saturated carbocycles. The second kappa shape index (κ2) is 9.62. The topological polar surface area (TPSA) is 47.6 Å². The summed E-state index contributed by atoms with van der Waals surface area (Å²) in [5.74, 6) is 0. The van der Waals surface area contributed by atoms with Crippen LogP contribution in [-0.4, -0.2) is 50.2 Å². The number of hydrogen-bond donors (Lipinski definition) is 2. The minimum absolute atomic E-state index is 0.186. The maximum absolute atomic E-state index is 12.0. The minimum Gasteiger partial charge on any atom is -0.369 e. The lowest BCUT2D eigenvalue weighted by molar-refractivity contribution is 0.244. The van der Waals surface area contributed by atoms with Gasteiger partial charge < -0.3 is 15.5 Å². The van der Waals surface area contributed by atoms with Gasteiger partial charge in [-0.15, -0.1) is 0 Å². The van der Waals surface area contributed by atoms with Gasteiger partial charge in [-0.05, 0) is 49.7 Å².